The number of sulfone groups is 1. The van der Waals surface area contributed by atoms with Gasteiger partial charge in [-0.05, 0) is 19.8 Å². The fourth-order valence-corrected chi connectivity index (χ4v) is 4.64. The van der Waals surface area contributed by atoms with Crippen LogP contribution in [0.15, 0.2) is 10.4 Å². The van der Waals surface area contributed by atoms with Gasteiger partial charge in [-0.25, -0.2) is 18.4 Å². The van der Waals surface area contributed by atoms with E-state index in [0.29, 0.717) is 38.6 Å². The molecule has 2 N–H and O–H groups in total. The highest BCUT2D eigenvalue weighted by Gasteiger charge is 2.42. The first-order valence-electron chi connectivity index (χ1n) is 8.38. The van der Waals surface area contributed by atoms with E-state index in [4.69, 9.17) is 4.74 Å². The molecular weight excluding hydrogens is 532 g/mol. The molecule has 28 heavy (non-hydrogen) atoms. The zero-order chi connectivity index (χ0) is 20.1. The Hall–Kier alpha value is -0.670. The Morgan fingerprint density at radius 3 is 2.50 bits per heavy atom. The number of hydrogen-bond donors (Lipinski definition) is 2. The van der Waals surface area contributed by atoms with Gasteiger partial charge in [-0.1, -0.05) is 0 Å². The van der Waals surface area contributed by atoms with E-state index >= 15 is 0 Å². The molecule has 1 aromatic rings. The van der Waals surface area contributed by atoms with E-state index in [1.54, 1.807) is 0 Å². The Kier molecular flexibility index (Phi) is 9.41. The van der Waals surface area contributed by atoms with Crippen molar-refractivity contribution >= 4 is 51.1 Å². The van der Waals surface area contributed by atoms with Crippen molar-refractivity contribution in [2.24, 2.45) is 4.99 Å². The predicted octanol–water partition coefficient (Wildman–Crippen LogP) is 2.43. The maximum atomic E-state index is 12.6. The molecule has 0 unspecified atom stereocenters. The molecule has 0 aliphatic carbocycles. The van der Waals surface area contributed by atoms with Crippen molar-refractivity contribution in [1.82, 2.24) is 15.6 Å². The fraction of sp³-hybridized carbons (Fsp3) is 0.733. The molecule has 162 valence electrons. The van der Waals surface area contributed by atoms with E-state index in [1.165, 1.54) is 6.26 Å². The predicted molar refractivity (Wildman–Crippen MR) is 113 cm³/mol. The summed E-state index contributed by atoms with van der Waals surface area (Å²) in [5.74, 6) is 0.329. The number of alkyl halides is 3. The average Bonchev–Trinajstić information content (AvgIpc) is 3.06. The largest absolute Gasteiger partial charge is 0.434 e. The molecule has 1 aromatic heterocycles. The molecule has 2 heterocycles. The average molecular weight is 556 g/mol. The smallest absolute Gasteiger partial charge is 0.381 e. The maximum absolute atomic E-state index is 12.6. The highest BCUT2D eigenvalue weighted by atomic mass is 127. The second-order valence-corrected chi connectivity index (χ2v) is 9.59. The normalized spacial score (nSPS) is 17.7. The number of nitrogens with zero attached hydrogens (tertiary/aromatic N) is 2. The highest BCUT2D eigenvalue weighted by molar-refractivity contribution is 14.0. The Bertz CT molecular complexity index is 763. The van der Waals surface area contributed by atoms with Crippen molar-refractivity contribution in [1.29, 1.82) is 0 Å². The van der Waals surface area contributed by atoms with Crippen LogP contribution < -0.4 is 10.6 Å². The van der Waals surface area contributed by atoms with Crippen molar-refractivity contribution in [3.63, 3.8) is 0 Å². The minimum Gasteiger partial charge on any atom is -0.381 e. The van der Waals surface area contributed by atoms with Crippen molar-refractivity contribution in [2.45, 2.75) is 37.2 Å². The maximum Gasteiger partial charge on any atom is 0.434 e. The first kappa shape index (κ1) is 25.4. The molecule has 0 spiro atoms. The molecule has 1 aliphatic heterocycles. The van der Waals surface area contributed by atoms with Gasteiger partial charge >= 0.3 is 6.18 Å². The summed E-state index contributed by atoms with van der Waals surface area (Å²) in [5.41, 5.74) is -0.936. The summed E-state index contributed by atoms with van der Waals surface area (Å²) in [4.78, 5) is 7.76. The Morgan fingerprint density at radius 2 is 2.00 bits per heavy atom. The molecule has 0 aromatic carbocycles. The van der Waals surface area contributed by atoms with Gasteiger partial charge in [0.1, 0.15) is 5.01 Å². The molecule has 0 saturated carbocycles. The Morgan fingerprint density at radius 1 is 1.36 bits per heavy atom. The molecule has 0 radical (unpaired) electrons. The van der Waals surface area contributed by atoms with Gasteiger partial charge in [0, 0.05) is 37.9 Å². The lowest BCUT2D eigenvalue weighted by molar-refractivity contribution is -0.140. The SMILES string of the molecule is CCNC(=NCc1nc(C(F)(F)F)cs1)NCC1(S(C)(=O)=O)CCOCC1.I. The number of aromatic nitrogens is 1. The van der Waals surface area contributed by atoms with Crippen LogP contribution in [0.5, 0.6) is 0 Å². The molecule has 1 saturated heterocycles. The second kappa shape index (κ2) is 10.4. The van der Waals surface area contributed by atoms with Crippen LogP contribution in [-0.2, 0) is 27.3 Å². The lowest BCUT2D eigenvalue weighted by atomic mass is 9.99. The number of nitrogens with one attached hydrogen (secondary N) is 2. The van der Waals surface area contributed by atoms with Gasteiger partial charge in [0.25, 0.3) is 0 Å². The molecule has 0 bridgehead atoms. The van der Waals surface area contributed by atoms with Crippen LogP contribution in [0.25, 0.3) is 0 Å². The number of halogens is 4. The number of hydrogen-bond acceptors (Lipinski definition) is 6. The first-order chi connectivity index (χ1) is 12.6. The molecule has 0 amide bonds. The van der Waals surface area contributed by atoms with E-state index in [0.717, 1.165) is 16.7 Å². The van der Waals surface area contributed by atoms with Gasteiger partial charge in [0.2, 0.25) is 0 Å². The van der Waals surface area contributed by atoms with Crippen LogP contribution in [0, 0.1) is 0 Å². The number of rotatable bonds is 6. The first-order valence-corrected chi connectivity index (χ1v) is 11.2. The lowest BCUT2D eigenvalue weighted by Crippen LogP contribution is -2.53. The summed E-state index contributed by atoms with van der Waals surface area (Å²) in [6.07, 6.45) is -2.52. The summed E-state index contributed by atoms with van der Waals surface area (Å²) in [6, 6.07) is 0. The molecule has 13 heteroatoms. The number of guanidine groups is 1. The summed E-state index contributed by atoms with van der Waals surface area (Å²) in [6.45, 7) is 3.19. The van der Waals surface area contributed by atoms with Crippen molar-refractivity contribution in [2.75, 3.05) is 32.6 Å². The van der Waals surface area contributed by atoms with Crippen LogP contribution >= 0.6 is 35.3 Å². The van der Waals surface area contributed by atoms with E-state index in [2.05, 4.69) is 20.6 Å². The molecule has 0 atom stereocenters. The van der Waals surface area contributed by atoms with Gasteiger partial charge < -0.3 is 15.4 Å². The number of aliphatic imine (C=N–C) groups is 1. The zero-order valence-corrected chi connectivity index (χ0v) is 19.5. The van der Waals surface area contributed by atoms with Crippen molar-refractivity contribution in [3.8, 4) is 0 Å². The summed E-state index contributed by atoms with van der Waals surface area (Å²) < 4.78 is 66.7. The van der Waals surface area contributed by atoms with E-state index in [9.17, 15) is 21.6 Å². The molecule has 1 fully saturated rings. The zero-order valence-electron chi connectivity index (χ0n) is 15.5. The van der Waals surface area contributed by atoms with Gasteiger partial charge in [-0.15, -0.1) is 35.3 Å². The Labute approximate surface area is 183 Å². The minimum absolute atomic E-state index is 0. The Balaban J connectivity index is 0.00000392. The topological polar surface area (TPSA) is 92.7 Å². The van der Waals surface area contributed by atoms with Crippen molar-refractivity contribution < 1.29 is 26.3 Å². The molecule has 1 aliphatic rings. The molecular formula is C15H24F3IN4O3S2. The van der Waals surface area contributed by atoms with Crippen LogP contribution in [0.3, 0.4) is 0 Å². The number of thiazole rings is 1. The van der Waals surface area contributed by atoms with Crippen LogP contribution in [0.1, 0.15) is 30.5 Å². The van der Waals surface area contributed by atoms with E-state index in [1.807, 2.05) is 6.92 Å². The van der Waals surface area contributed by atoms with Gasteiger partial charge in [-0.2, -0.15) is 13.2 Å². The third kappa shape index (κ3) is 6.69. The van der Waals surface area contributed by atoms with Crippen LogP contribution in [0.4, 0.5) is 13.2 Å². The quantitative estimate of drug-likeness (QED) is 0.318. The third-order valence-electron chi connectivity index (χ3n) is 4.33. The standard InChI is InChI=1S/C15H23F3N4O3S2.HI/c1-3-19-13(20-8-12-22-11(9-26-12)15(16,17)18)21-10-14(27(2,23)24)4-6-25-7-5-14;/h9H,3-8,10H2,1-2H3,(H2,19,20,21);1H. The highest BCUT2D eigenvalue weighted by Crippen LogP contribution is 2.30. The summed E-state index contributed by atoms with van der Waals surface area (Å²) >= 11 is 0.880. The molecule has 2 rings (SSSR count). The summed E-state index contributed by atoms with van der Waals surface area (Å²) in [7, 11) is -3.34. The lowest BCUT2D eigenvalue weighted by Gasteiger charge is -2.35. The van der Waals surface area contributed by atoms with Gasteiger partial charge in [-0.3, -0.25) is 0 Å². The fourth-order valence-electron chi connectivity index (χ4n) is 2.67. The minimum atomic E-state index is -4.48. The monoisotopic (exact) mass is 556 g/mol. The van der Waals surface area contributed by atoms with E-state index in [-0.39, 0.29) is 42.1 Å². The van der Waals surface area contributed by atoms with Crippen molar-refractivity contribution in [3.05, 3.63) is 16.1 Å². The second-order valence-electron chi connectivity index (χ2n) is 6.24. The number of ether oxygens (including phenoxy) is 1. The van der Waals surface area contributed by atoms with Gasteiger partial charge in [0.15, 0.2) is 21.5 Å². The third-order valence-corrected chi connectivity index (χ3v) is 7.29. The van der Waals surface area contributed by atoms with Gasteiger partial charge in [0.05, 0.1) is 11.3 Å². The molecule has 7 nitrogen and oxygen atoms in total. The van der Waals surface area contributed by atoms with Crippen LogP contribution in [-0.4, -0.2) is 56.7 Å². The summed E-state index contributed by atoms with van der Waals surface area (Å²) in [5, 5.41) is 7.15. The van der Waals surface area contributed by atoms with E-state index < -0.39 is 26.5 Å². The van der Waals surface area contributed by atoms with Crippen LogP contribution in [0.2, 0.25) is 0 Å².